The summed E-state index contributed by atoms with van der Waals surface area (Å²) in [5.41, 5.74) is 9.56. The average molecular weight is 249 g/mol. The van der Waals surface area contributed by atoms with Gasteiger partial charge in [0.2, 0.25) is 0 Å². The van der Waals surface area contributed by atoms with Gasteiger partial charge in [-0.15, -0.1) is 0 Å². The molecule has 0 amide bonds. The molecule has 0 saturated carbocycles. The number of para-hydroxylation sites is 2. The molecule has 0 radical (unpaired) electrons. The molecule has 0 aliphatic rings. The molecular formula is C17H15NO. The molecule has 0 aliphatic carbocycles. The van der Waals surface area contributed by atoms with Crippen LogP contribution in [0.5, 0.6) is 0 Å². The highest BCUT2D eigenvalue weighted by atomic mass is 16.3. The van der Waals surface area contributed by atoms with Crippen LogP contribution in [-0.2, 0) is 0 Å². The number of benzene rings is 2. The van der Waals surface area contributed by atoms with E-state index in [-0.39, 0.29) is 0 Å². The standard InChI is InChI=1S/C17H15NO/c1-2-16-14(11-12-7-3-5-9-15(12)18)13-8-4-6-10-17(13)19-16/h2-11H,18H2,1H3/b14-11+,16-2+. The molecule has 1 heterocycles. The third kappa shape index (κ3) is 2.02. The van der Waals surface area contributed by atoms with E-state index in [0.29, 0.717) is 0 Å². The van der Waals surface area contributed by atoms with Crippen LogP contribution in [0.1, 0.15) is 12.5 Å². The van der Waals surface area contributed by atoms with Gasteiger partial charge < -0.3 is 10.2 Å². The van der Waals surface area contributed by atoms with Gasteiger partial charge in [-0.05, 0) is 36.8 Å². The lowest BCUT2D eigenvalue weighted by Crippen LogP contribution is -2.19. The van der Waals surface area contributed by atoms with Crippen molar-refractivity contribution >= 4 is 28.8 Å². The second kappa shape index (κ2) is 4.65. The first-order valence-electron chi connectivity index (χ1n) is 6.29. The lowest BCUT2D eigenvalue weighted by Gasteiger charge is -1.97. The lowest BCUT2D eigenvalue weighted by molar-refractivity contribution is 0.575. The fraction of sp³-hybridized carbons (Fsp3) is 0.0588. The molecule has 2 nitrogen and oxygen atoms in total. The summed E-state index contributed by atoms with van der Waals surface area (Å²) in [6.45, 7) is 1.98. The Morgan fingerprint density at radius 3 is 2.53 bits per heavy atom. The molecule has 94 valence electrons. The molecule has 2 N–H and O–H groups in total. The largest absolute Gasteiger partial charge is 0.456 e. The summed E-state index contributed by atoms with van der Waals surface area (Å²) >= 11 is 0. The molecule has 0 aliphatic heterocycles. The van der Waals surface area contributed by atoms with E-state index in [1.54, 1.807) is 0 Å². The average Bonchev–Trinajstić information content (AvgIpc) is 2.79. The minimum Gasteiger partial charge on any atom is -0.456 e. The zero-order chi connectivity index (χ0) is 13.2. The fourth-order valence-electron chi connectivity index (χ4n) is 2.25. The molecular weight excluding hydrogens is 234 g/mol. The van der Waals surface area contributed by atoms with Crippen molar-refractivity contribution in [2.45, 2.75) is 6.92 Å². The van der Waals surface area contributed by atoms with Gasteiger partial charge in [0, 0.05) is 16.3 Å². The normalized spacial score (nSPS) is 13.3. The van der Waals surface area contributed by atoms with Crippen molar-refractivity contribution in [3.8, 4) is 0 Å². The van der Waals surface area contributed by atoms with Gasteiger partial charge in [-0.25, -0.2) is 0 Å². The van der Waals surface area contributed by atoms with Crippen LogP contribution in [0.2, 0.25) is 0 Å². The number of hydrogen-bond donors (Lipinski definition) is 1. The number of nitrogens with two attached hydrogens (primary N) is 1. The van der Waals surface area contributed by atoms with Gasteiger partial charge in [-0.1, -0.05) is 36.4 Å². The summed E-state index contributed by atoms with van der Waals surface area (Å²) in [6.07, 6.45) is 4.06. The van der Waals surface area contributed by atoms with E-state index in [4.69, 9.17) is 10.2 Å². The first kappa shape index (κ1) is 11.6. The quantitative estimate of drug-likeness (QED) is 0.673. The molecule has 1 aromatic heterocycles. The van der Waals surface area contributed by atoms with Crippen molar-refractivity contribution in [1.82, 2.24) is 0 Å². The van der Waals surface area contributed by atoms with E-state index in [1.807, 2.05) is 55.5 Å². The molecule has 3 rings (SSSR count). The highest BCUT2D eigenvalue weighted by Crippen LogP contribution is 2.12. The Kier molecular flexibility index (Phi) is 2.84. The summed E-state index contributed by atoms with van der Waals surface area (Å²) in [5, 5.41) is 2.19. The first-order valence-corrected chi connectivity index (χ1v) is 6.29. The minimum atomic E-state index is 0.773. The molecule has 2 heteroatoms. The molecule has 0 bridgehead atoms. The minimum absolute atomic E-state index is 0.773. The highest BCUT2D eigenvalue weighted by molar-refractivity contribution is 5.81. The molecule has 19 heavy (non-hydrogen) atoms. The van der Waals surface area contributed by atoms with Crippen molar-refractivity contribution < 1.29 is 4.42 Å². The van der Waals surface area contributed by atoms with E-state index in [1.165, 1.54) is 0 Å². The number of nitrogen functional groups attached to an aromatic ring is 1. The predicted octanol–water partition coefficient (Wildman–Crippen LogP) is 2.64. The SMILES string of the molecule is C/C=c1/oc2ccccc2/c1=C\c1ccccc1N. The Bertz CT molecular complexity index is 843. The van der Waals surface area contributed by atoms with E-state index in [2.05, 4.69) is 12.1 Å². The zero-order valence-electron chi connectivity index (χ0n) is 10.8. The Balaban J connectivity index is 2.40. The van der Waals surface area contributed by atoms with Crippen LogP contribution in [0, 0.1) is 0 Å². The van der Waals surface area contributed by atoms with Crippen molar-refractivity contribution in [2.24, 2.45) is 0 Å². The molecule has 0 unspecified atom stereocenters. The number of anilines is 1. The number of hydrogen-bond acceptors (Lipinski definition) is 2. The third-order valence-electron chi connectivity index (χ3n) is 3.22. The van der Waals surface area contributed by atoms with Crippen molar-refractivity contribution in [3.63, 3.8) is 0 Å². The van der Waals surface area contributed by atoms with Gasteiger partial charge in [-0.3, -0.25) is 0 Å². The van der Waals surface area contributed by atoms with Crippen molar-refractivity contribution in [3.05, 3.63) is 64.7 Å². The van der Waals surface area contributed by atoms with Gasteiger partial charge in [0.25, 0.3) is 0 Å². The lowest BCUT2D eigenvalue weighted by atomic mass is 10.1. The second-order valence-electron chi connectivity index (χ2n) is 4.44. The summed E-state index contributed by atoms with van der Waals surface area (Å²) in [7, 11) is 0. The third-order valence-corrected chi connectivity index (χ3v) is 3.22. The Labute approximate surface area is 111 Å². The van der Waals surface area contributed by atoms with Crippen LogP contribution in [0.15, 0.2) is 52.9 Å². The smallest absolute Gasteiger partial charge is 0.135 e. The topological polar surface area (TPSA) is 39.2 Å². The highest BCUT2D eigenvalue weighted by Gasteiger charge is 2.02. The summed E-state index contributed by atoms with van der Waals surface area (Å²) in [4.78, 5) is 0. The van der Waals surface area contributed by atoms with Crippen LogP contribution in [0.4, 0.5) is 5.69 Å². The monoisotopic (exact) mass is 249 g/mol. The maximum Gasteiger partial charge on any atom is 0.135 e. The Hall–Kier alpha value is -2.48. The van der Waals surface area contributed by atoms with Gasteiger partial charge in [-0.2, -0.15) is 0 Å². The van der Waals surface area contributed by atoms with Gasteiger partial charge in [0.05, 0.1) is 0 Å². The molecule has 0 atom stereocenters. The van der Waals surface area contributed by atoms with E-state index in [9.17, 15) is 0 Å². The predicted molar refractivity (Wildman–Crippen MR) is 80.0 cm³/mol. The first-order chi connectivity index (χ1) is 9.29. The van der Waals surface area contributed by atoms with Gasteiger partial charge in [0.15, 0.2) is 0 Å². The van der Waals surface area contributed by atoms with Crippen LogP contribution >= 0.6 is 0 Å². The number of furan rings is 1. The van der Waals surface area contributed by atoms with Crippen LogP contribution in [0.3, 0.4) is 0 Å². The maximum absolute atomic E-state index is 6.00. The van der Waals surface area contributed by atoms with E-state index in [0.717, 1.165) is 32.9 Å². The summed E-state index contributed by atoms with van der Waals surface area (Å²) in [6, 6.07) is 15.9. The molecule has 0 saturated heterocycles. The molecule has 3 aromatic rings. The molecule has 0 fully saturated rings. The molecule has 2 aromatic carbocycles. The van der Waals surface area contributed by atoms with Crippen LogP contribution < -0.4 is 16.4 Å². The Morgan fingerprint density at radius 1 is 1.00 bits per heavy atom. The van der Waals surface area contributed by atoms with Crippen LogP contribution in [0.25, 0.3) is 23.1 Å². The summed E-state index contributed by atoms with van der Waals surface area (Å²) < 4.78 is 5.83. The maximum atomic E-state index is 6.00. The van der Waals surface area contributed by atoms with Crippen molar-refractivity contribution in [2.75, 3.05) is 5.73 Å². The van der Waals surface area contributed by atoms with E-state index < -0.39 is 0 Å². The summed E-state index contributed by atoms with van der Waals surface area (Å²) in [5.74, 6) is 0. The van der Waals surface area contributed by atoms with Crippen LogP contribution in [-0.4, -0.2) is 0 Å². The number of rotatable bonds is 1. The van der Waals surface area contributed by atoms with Crippen molar-refractivity contribution in [1.29, 1.82) is 0 Å². The fourth-order valence-corrected chi connectivity index (χ4v) is 2.25. The molecule has 0 spiro atoms. The number of fused-ring (bicyclic) bond motifs is 1. The van der Waals surface area contributed by atoms with Gasteiger partial charge in [0.1, 0.15) is 11.0 Å². The van der Waals surface area contributed by atoms with E-state index >= 15 is 0 Å². The van der Waals surface area contributed by atoms with Gasteiger partial charge >= 0.3 is 0 Å². The Morgan fingerprint density at radius 2 is 1.74 bits per heavy atom. The second-order valence-corrected chi connectivity index (χ2v) is 4.44. The zero-order valence-corrected chi connectivity index (χ0v) is 10.8.